The number of sulfonamides is 1. The first kappa shape index (κ1) is 25.8. The number of guanidine groups is 1. The molecule has 1 fully saturated rings. The second kappa shape index (κ2) is 12.6. The van der Waals surface area contributed by atoms with Crippen LogP contribution in [0.25, 0.3) is 0 Å². The molecule has 0 saturated carbocycles. The number of aliphatic imine (C=N–C) groups is 1. The lowest BCUT2D eigenvalue weighted by Crippen LogP contribution is -2.38. The second-order valence-corrected chi connectivity index (χ2v) is 9.53. The summed E-state index contributed by atoms with van der Waals surface area (Å²) < 4.78 is 27.1. The summed E-state index contributed by atoms with van der Waals surface area (Å²) in [5, 5.41) is 6.99. The monoisotopic (exact) mass is 577 g/mol. The van der Waals surface area contributed by atoms with Crippen LogP contribution in [0, 0.1) is 0 Å². The van der Waals surface area contributed by atoms with Crippen LogP contribution in [0.2, 0.25) is 5.15 Å². The molecule has 2 heterocycles. The number of pyridine rings is 1. The number of nitrogens with zero attached hydrogens (tertiary/aromatic N) is 3. The molecule has 1 aliphatic heterocycles. The first-order valence-electron chi connectivity index (χ1n) is 10.1. The fourth-order valence-electron chi connectivity index (χ4n) is 3.32. The third-order valence-corrected chi connectivity index (χ3v) is 7.19. The highest BCUT2D eigenvalue weighted by atomic mass is 127. The summed E-state index contributed by atoms with van der Waals surface area (Å²) in [7, 11) is -1.68. The van der Waals surface area contributed by atoms with Crippen molar-refractivity contribution in [1.29, 1.82) is 0 Å². The van der Waals surface area contributed by atoms with Crippen molar-refractivity contribution in [2.24, 2.45) is 4.99 Å². The summed E-state index contributed by atoms with van der Waals surface area (Å²) in [6.45, 7) is 2.47. The van der Waals surface area contributed by atoms with Gasteiger partial charge < -0.3 is 10.6 Å². The Hall–Kier alpha value is -1.43. The maximum absolute atomic E-state index is 12.7. The number of rotatable bonds is 7. The van der Waals surface area contributed by atoms with Crippen molar-refractivity contribution >= 4 is 51.6 Å². The average molecular weight is 578 g/mol. The molecular formula is C21H29ClIN5O2S. The van der Waals surface area contributed by atoms with Crippen LogP contribution in [0.3, 0.4) is 0 Å². The number of hydrogen-bond donors (Lipinski definition) is 2. The molecule has 0 spiro atoms. The summed E-state index contributed by atoms with van der Waals surface area (Å²) in [4.78, 5) is 8.65. The van der Waals surface area contributed by atoms with Crippen LogP contribution in [0.15, 0.2) is 52.5 Å². The van der Waals surface area contributed by atoms with E-state index in [1.807, 2.05) is 18.2 Å². The summed E-state index contributed by atoms with van der Waals surface area (Å²) in [6.07, 6.45) is 5.53. The Morgan fingerprint density at radius 2 is 1.74 bits per heavy atom. The topological polar surface area (TPSA) is 86.7 Å². The van der Waals surface area contributed by atoms with Crippen LogP contribution in [0.4, 0.5) is 0 Å². The zero-order valence-corrected chi connectivity index (χ0v) is 21.5. The molecule has 10 heteroatoms. The Morgan fingerprint density at radius 1 is 1.06 bits per heavy atom. The van der Waals surface area contributed by atoms with Gasteiger partial charge in [0.1, 0.15) is 5.15 Å². The summed E-state index contributed by atoms with van der Waals surface area (Å²) in [5.74, 6) is 0.682. The molecule has 1 aromatic carbocycles. The van der Waals surface area contributed by atoms with E-state index in [1.54, 1.807) is 35.7 Å². The highest BCUT2D eigenvalue weighted by Gasteiger charge is 2.25. The van der Waals surface area contributed by atoms with Gasteiger partial charge in [-0.05, 0) is 48.6 Å². The van der Waals surface area contributed by atoms with Crippen LogP contribution in [0.1, 0.15) is 30.4 Å². The van der Waals surface area contributed by atoms with Gasteiger partial charge >= 0.3 is 0 Å². The molecule has 0 radical (unpaired) electrons. The Bertz CT molecular complexity index is 947. The number of halogens is 2. The zero-order chi connectivity index (χ0) is 21.4. The van der Waals surface area contributed by atoms with E-state index in [4.69, 9.17) is 11.6 Å². The average Bonchev–Trinajstić information content (AvgIpc) is 2.78. The number of aromatic nitrogens is 1. The number of hydrogen-bond acceptors (Lipinski definition) is 4. The van der Waals surface area contributed by atoms with Crippen molar-refractivity contribution < 1.29 is 8.42 Å². The van der Waals surface area contributed by atoms with Crippen molar-refractivity contribution in [2.75, 3.05) is 26.7 Å². The zero-order valence-electron chi connectivity index (χ0n) is 17.6. The van der Waals surface area contributed by atoms with Gasteiger partial charge in [0.2, 0.25) is 10.0 Å². The molecule has 0 amide bonds. The van der Waals surface area contributed by atoms with Crippen molar-refractivity contribution in [3.63, 3.8) is 0 Å². The van der Waals surface area contributed by atoms with Gasteiger partial charge in [0.05, 0.1) is 4.90 Å². The van der Waals surface area contributed by atoms with Crippen LogP contribution in [-0.4, -0.2) is 50.3 Å². The molecule has 0 bridgehead atoms. The van der Waals surface area contributed by atoms with E-state index in [1.165, 1.54) is 0 Å². The predicted octanol–water partition coefficient (Wildman–Crippen LogP) is 3.44. The molecule has 0 atom stereocenters. The minimum Gasteiger partial charge on any atom is -0.356 e. The van der Waals surface area contributed by atoms with Gasteiger partial charge in [-0.15, -0.1) is 24.0 Å². The first-order valence-corrected chi connectivity index (χ1v) is 11.9. The van der Waals surface area contributed by atoms with Crippen molar-refractivity contribution in [3.8, 4) is 0 Å². The molecule has 31 heavy (non-hydrogen) atoms. The van der Waals surface area contributed by atoms with Crippen LogP contribution < -0.4 is 10.6 Å². The molecule has 2 aromatic rings. The Balaban J connectivity index is 0.00000341. The van der Waals surface area contributed by atoms with Gasteiger partial charge in [-0.3, -0.25) is 4.99 Å². The quantitative estimate of drug-likeness (QED) is 0.228. The van der Waals surface area contributed by atoms with Gasteiger partial charge in [-0.25, -0.2) is 13.4 Å². The van der Waals surface area contributed by atoms with E-state index in [0.29, 0.717) is 42.2 Å². The molecule has 3 rings (SSSR count). The van der Waals surface area contributed by atoms with E-state index in [9.17, 15) is 8.42 Å². The molecule has 2 N–H and O–H groups in total. The maximum atomic E-state index is 12.7. The van der Waals surface area contributed by atoms with E-state index in [2.05, 4.69) is 20.6 Å². The summed E-state index contributed by atoms with van der Waals surface area (Å²) in [6, 6.07) is 10.8. The predicted molar refractivity (Wildman–Crippen MR) is 136 cm³/mol. The molecule has 0 aliphatic carbocycles. The lowest BCUT2D eigenvalue weighted by atomic mass is 10.2. The molecule has 7 nitrogen and oxygen atoms in total. The Labute approximate surface area is 206 Å². The van der Waals surface area contributed by atoms with Crippen molar-refractivity contribution in [2.45, 2.75) is 37.1 Å². The maximum Gasteiger partial charge on any atom is 0.243 e. The normalized spacial score (nSPS) is 15.2. The molecule has 0 unspecified atom stereocenters. The van der Waals surface area contributed by atoms with Crippen molar-refractivity contribution in [3.05, 3.63) is 58.9 Å². The number of nitrogens with one attached hydrogen (secondary N) is 2. The van der Waals surface area contributed by atoms with E-state index < -0.39 is 10.0 Å². The fourth-order valence-corrected chi connectivity index (χ4v) is 4.95. The molecular weight excluding hydrogens is 549 g/mol. The third-order valence-electron chi connectivity index (χ3n) is 5.05. The summed E-state index contributed by atoms with van der Waals surface area (Å²) in [5.41, 5.74) is 2.07. The molecule has 1 saturated heterocycles. The lowest BCUT2D eigenvalue weighted by Gasteiger charge is -2.25. The smallest absolute Gasteiger partial charge is 0.243 e. The SMILES string of the molecule is CN=C(NCCc1ccc(Cl)nc1)NCc1ccc(S(=O)(=O)N2CCCCC2)cc1.I. The van der Waals surface area contributed by atoms with Gasteiger partial charge in [0.15, 0.2) is 5.96 Å². The highest BCUT2D eigenvalue weighted by molar-refractivity contribution is 14.0. The first-order chi connectivity index (χ1) is 14.5. The van der Waals surface area contributed by atoms with Crippen LogP contribution in [-0.2, 0) is 23.0 Å². The fraction of sp³-hybridized carbons (Fsp3) is 0.429. The Morgan fingerprint density at radius 3 is 2.35 bits per heavy atom. The van der Waals surface area contributed by atoms with Crippen LogP contribution >= 0.6 is 35.6 Å². The standard InChI is InChI=1S/C21H28ClN5O2S.HI/c1-23-21(24-12-11-18-7-10-20(22)25-15-18)26-16-17-5-8-19(9-6-17)30(28,29)27-13-3-2-4-14-27;/h5-10,15H,2-4,11-14,16H2,1H3,(H2,23,24,26);1H. The molecule has 1 aromatic heterocycles. The molecule has 1 aliphatic rings. The second-order valence-electron chi connectivity index (χ2n) is 7.20. The summed E-state index contributed by atoms with van der Waals surface area (Å²) >= 11 is 5.80. The van der Waals surface area contributed by atoms with Crippen molar-refractivity contribution in [1.82, 2.24) is 19.9 Å². The van der Waals surface area contributed by atoms with Gasteiger partial charge in [-0.1, -0.05) is 36.2 Å². The van der Waals surface area contributed by atoms with Crippen LogP contribution in [0.5, 0.6) is 0 Å². The van der Waals surface area contributed by atoms with Gasteiger partial charge in [-0.2, -0.15) is 4.31 Å². The van der Waals surface area contributed by atoms with Gasteiger partial charge in [0, 0.05) is 39.4 Å². The number of piperidine rings is 1. The van der Waals surface area contributed by atoms with E-state index >= 15 is 0 Å². The minimum absolute atomic E-state index is 0. The Kier molecular flexibility index (Phi) is 10.5. The largest absolute Gasteiger partial charge is 0.356 e. The molecule has 170 valence electrons. The lowest BCUT2D eigenvalue weighted by molar-refractivity contribution is 0.346. The minimum atomic E-state index is -3.39. The van der Waals surface area contributed by atoms with E-state index in [0.717, 1.165) is 36.8 Å². The van der Waals surface area contributed by atoms with E-state index in [-0.39, 0.29) is 24.0 Å². The van der Waals surface area contributed by atoms with Gasteiger partial charge in [0.25, 0.3) is 0 Å². The third kappa shape index (κ3) is 7.58. The number of benzene rings is 1. The highest BCUT2D eigenvalue weighted by Crippen LogP contribution is 2.20.